The summed E-state index contributed by atoms with van der Waals surface area (Å²) in [4.78, 5) is 0. The van der Waals surface area contributed by atoms with E-state index in [1.165, 1.54) is 244 Å². The highest BCUT2D eigenvalue weighted by Gasteiger charge is 2.42. The maximum atomic E-state index is 2.39. The van der Waals surface area contributed by atoms with E-state index in [0.29, 0.717) is 0 Å². The molecule has 0 unspecified atom stereocenters. The molecule has 0 atom stereocenters. The number of benzene rings is 19. The summed E-state index contributed by atoms with van der Waals surface area (Å²) in [5, 5.41) is 2.58. The van der Waals surface area contributed by atoms with Crippen molar-refractivity contribution in [2.45, 2.75) is 164 Å². The summed E-state index contributed by atoms with van der Waals surface area (Å²) in [5.74, 6) is 0. The van der Waals surface area contributed by atoms with Gasteiger partial charge >= 0.3 is 0 Å². The van der Waals surface area contributed by atoms with Crippen LogP contribution in [-0.2, 0) is 32.5 Å². The lowest BCUT2D eigenvalue weighted by molar-refractivity contribution is 0.655. The van der Waals surface area contributed by atoms with Gasteiger partial charge in [-0.15, -0.1) is 0 Å². The standard InChI is InChI=1S/C31H23N.2C22H20.4C16H16/c1-22-15-17-24(18-16-22)27-13-8-14-30-31(27)28-21-25(23-9-4-2-5-10-23)19-20-29(28)32(30)26-11-6-3-7-12-26;1-15-8-10-16(11-9-15)17-12-13-19-18-6-4-5-7-20(18)22(2,3)21(19)14-17;1-15-9-11-18-19-12-10-17(16-7-5-4-6-8-16)14-21(19)22(2,3)20(18)13-15;1-11-7-6-9-13-12-8-4-5-10-14(12)16(2,3)15(11)13;1-11-7-6-10-14-15(11)12-8-4-5-9-13(12)16(14,2)3;1-11-8-9-15-13(10-11)12-6-4-5-7-14(12)16(15,2)3;1-11-8-9-13-12-6-4-5-7-14(12)16(2,3)15(13)10-11/h2-21H,1H3;2*4-14H,1-3H3;4*4-10H,1-3H3. The molecule has 0 radical (unpaired) electrons. The first kappa shape index (κ1) is 92.7. The second-order valence-electron chi connectivity index (χ2n) is 42.7. The Morgan fingerprint density at radius 3 is 0.986 bits per heavy atom. The summed E-state index contributed by atoms with van der Waals surface area (Å²) in [5.41, 5.74) is 58.3. The van der Waals surface area contributed by atoms with Gasteiger partial charge in [0.15, 0.2) is 0 Å². The molecular formula is C139H127N. The Kier molecular flexibility index (Phi) is 24.3. The van der Waals surface area contributed by atoms with Gasteiger partial charge in [0.05, 0.1) is 11.0 Å². The third-order valence-corrected chi connectivity index (χ3v) is 31.3. The van der Waals surface area contributed by atoms with Gasteiger partial charge in [0.1, 0.15) is 0 Å². The number of para-hydroxylation sites is 1. The van der Waals surface area contributed by atoms with E-state index in [4.69, 9.17) is 0 Å². The van der Waals surface area contributed by atoms with Crippen LogP contribution in [0, 0.1) is 48.5 Å². The van der Waals surface area contributed by atoms with E-state index in [2.05, 4.69) is 561 Å². The molecule has 1 heterocycles. The molecule has 688 valence electrons. The fourth-order valence-electron chi connectivity index (χ4n) is 23.7. The molecule has 1 heteroatoms. The van der Waals surface area contributed by atoms with Crippen LogP contribution in [0.2, 0.25) is 0 Å². The van der Waals surface area contributed by atoms with E-state index in [-0.39, 0.29) is 32.5 Å². The topological polar surface area (TPSA) is 4.93 Å². The molecule has 0 amide bonds. The molecule has 0 N–H and O–H groups in total. The van der Waals surface area contributed by atoms with Crippen LogP contribution in [0.4, 0.5) is 0 Å². The Bertz CT molecular complexity index is 8100. The molecule has 6 aliphatic carbocycles. The minimum atomic E-state index is 0.0709. The van der Waals surface area contributed by atoms with E-state index in [1.807, 2.05) is 0 Å². The highest BCUT2D eigenvalue weighted by atomic mass is 15.0. The first-order chi connectivity index (χ1) is 67.4. The quantitative estimate of drug-likeness (QED) is 0.162. The molecule has 1 aromatic heterocycles. The van der Waals surface area contributed by atoms with Crippen LogP contribution in [0.1, 0.15) is 189 Å². The van der Waals surface area contributed by atoms with E-state index in [1.54, 1.807) is 0 Å². The summed E-state index contributed by atoms with van der Waals surface area (Å²) in [6.07, 6.45) is 0. The van der Waals surface area contributed by atoms with E-state index >= 15 is 0 Å². The smallest absolute Gasteiger partial charge is 0.0547 e. The number of aryl methyl sites for hydroxylation is 7. The van der Waals surface area contributed by atoms with Crippen LogP contribution >= 0.6 is 0 Å². The molecule has 0 fully saturated rings. The van der Waals surface area contributed by atoms with Gasteiger partial charge in [0, 0.05) is 48.9 Å². The molecule has 1 nitrogen and oxygen atoms in total. The van der Waals surface area contributed by atoms with Crippen molar-refractivity contribution in [2.24, 2.45) is 0 Å². The molecule has 0 saturated heterocycles. The second kappa shape index (κ2) is 36.7. The summed E-state index contributed by atoms with van der Waals surface area (Å²) in [6, 6.07) is 154. The number of fused-ring (bicyclic) bond motifs is 21. The lowest BCUT2D eigenvalue weighted by atomic mass is 9.80. The van der Waals surface area contributed by atoms with Crippen LogP contribution in [-0.4, -0.2) is 4.57 Å². The van der Waals surface area contributed by atoms with Gasteiger partial charge in [0.2, 0.25) is 0 Å². The third kappa shape index (κ3) is 16.6. The highest BCUT2D eigenvalue weighted by molar-refractivity contribution is 6.17. The van der Waals surface area contributed by atoms with Crippen molar-refractivity contribution in [3.05, 3.63) is 530 Å². The lowest BCUT2D eigenvalue weighted by Gasteiger charge is -2.23. The van der Waals surface area contributed by atoms with Crippen molar-refractivity contribution in [2.75, 3.05) is 0 Å². The Balaban J connectivity index is 0.000000102. The van der Waals surface area contributed by atoms with Crippen molar-refractivity contribution in [1.82, 2.24) is 4.57 Å². The third-order valence-electron chi connectivity index (χ3n) is 31.3. The van der Waals surface area contributed by atoms with E-state index in [9.17, 15) is 0 Å². The van der Waals surface area contributed by atoms with Gasteiger partial charge in [0.25, 0.3) is 0 Å². The fraction of sp³-hybridized carbons (Fsp3) is 0.180. The van der Waals surface area contributed by atoms with E-state index in [0.717, 1.165) is 0 Å². The zero-order valence-electron chi connectivity index (χ0n) is 84.9. The summed E-state index contributed by atoms with van der Waals surface area (Å²) in [6.45, 7) is 43.1. The predicted octanol–water partition coefficient (Wildman–Crippen LogP) is 37.6. The zero-order valence-corrected chi connectivity index (χ0v) is 84.9. The average Bonchev–Trinajstić information content (AvgIpc) is 1.62. The Morgan fingerprint density at radius 2 is 0.471 bits per heavy atom. The van der Waals surface area contributed by atoms with E-state index < -0.39 is 0 Å². The predicted molar refractivity (Wildman–Crippen MR) is 600 cm³/mol. The molecule has 19 aromatic carbocycles. The van der Waals surface area contributed by atoms with Crippen LogP contribution in [0.25, 0.3) is 139 Å². The van der Waals surface area contributed by atoms with Crippen LogP contribution in [0.5, 0.6) is 0 Å². The highest BCUT2D eigenvalue weighted by Crippen LogP contribution is 2.56. The Morgan fingerprint density at radius 1 is 0.164 bits per heavy atom. The molecule has 0 bridgehead atoms. The van der Waals surface area contributed by atoms with Crippen molar-refractivity contribution < 1.29 is 0 Å². The molecule has 6 aliphatic rings. The Labute approximate surface area is 831 Å². The summed E-state index contributed by atoms with van der Waals surface area (Å²) >= 11 is 0. The van der Waals surface area contributed by atoms with Crippen molar-refractivity contribution in [3.8, 4) is 117 Å². The van der Waals surface area contributed by atoms with Gasteiger partial charge in [-0.25, -0.2) is 0 Å². The van der Waals surface area contributed by atoms with Gasteiger partial charge in [-0.3, -0.25) is 0 Å². The fourth-order valence-corrected chi connectivity index (χ4v) is 23.7. The molecule has 0 aliphatic heterocycles. The minimum absolute atomic E-state index is 0.0709. The first-order valence-corrected chi connectivity index (χ1v) is 50.1. The van der Waals surface area contributed by atoms with Crippen molar-refractivity contribution in [1.29, 1.82) is 0 Å². The molecule has 0 spiro atoms. The van der Waals surface area contributed by atoms with Gasteiger partial charge in [-0.2, -0.15) is 0 Å². The summed E-state index contributed by atoms with van der Waals surface area (Å²) < 4.78 is 2.39. The lowest BCUT2D eigenvalue weighted by Crippen LogP contribution is -2.16. The second-order valence-corrected chi connectivity index (χ2v) is 42.7. The molecular weight excluding hydrogens is 1680 g/mol. The molecule has 0 saturated carbocycles. The van der Waals surface area contributed by atoms with Gasteiger partial charge in [-0.05, 0) is 280 Å². The average molecular weight is 1810 g/mol. The number of aromatic nitrogens is 1. The summed E-state index contributed by atoms with van der Waals surface area (Å²) in [7, 11) is 0. The largest absolute Gasteiger partial charge is 0.309 e. The monoisotopic (exact) mass is 1810 g/mol. The van der Waals surface area contributed by atoms with Gasteiger partial charge in [-0.1, -0.05) is 493 Å². The number of hydrogen-bond acceptors (Lipinski definition) is 0. The SMILES string of the molecule is Cc1ccc(-c2ccc3c(c2)C(C)(C)c2ccccc2-3)cc1.Cc1ccc(-c2cccc3c2c2cc(-c4ccccc4)ccc2n3-c2ccccc2)cc1.Cc1ccc2c(c1)-c1ccccc1C2(C)C.Cc1ccc2c(c1)C(C)(C)c1cc(-c3ccccc3)ccc1-2.Cc1ccc2c(c1)C(C)(C)c1ccccc1-2.Cc1cccc2c1-c1ccccc1C2(C)C.Cc1cccc2c1C(C)(C)c1ccccc1-2. The van der Waals surface area contributed by atoms with Crippen LogP contribution in [0.3, 0.4) is 0 Å². The normalized spacial score (nSPS) is 14.3. The Hall–Kier alpha value is -15.0. The first-order valence-electron chi connectivity index (χ1n) is 50.1. The van der Waals surface area contributed by atoms with Gasteiger partial charge < -0.3 is 4.57 Å². The van der Waals surface area contributed by atoms with Crippen LogP contribution in [0.15, 0.2) is 425 Å². The number of hydrogen-bond donors (Lipinski definition) is 0. The number of rotatable bonds is 5. The molecule has 20 aromatic rings. The maximum Gasteiger partial charge on any atom is 0.0547 e. The van der Waals surface area contributed by atoms with Crippen molar-refractivity contribution in [3.63, 3.8) is 0 Å². The van der Waals surface area contributed by atoms with Crippen LogP contribution < -0.4 is 0 Å². The zero-order chi connectivity index (χ0) is 97.5. The maximum absolute atomic E-state index is 2.39. The number of nitrogens with zero attached hydrogens (tertiary/aromatic N) is 1. The minimum Gasteiger partial charge on any atom is -0.309 e. The van der Waals surface area contributed by atoms with Crippen molar-refractivity contribution >= 4 is 21.8 Å². The molecule has 140 heavy (non-hydrogen) atoms. The molecule has 26 rings (SSSR count).